The van der Waals surface area contributed by atoms with Gasteiger partial charge in [-0.15, -0.1) is 0 Å². The number of hydrogen-bond donors (Lipinski definition) is 0. The molecule has 1 fully saturated rings. The molecule has 3 aromatic rings. The van der Waals surface area contributed by atoms with E-state index in [0.717, 1.165) is 31.1 Å². The van der Waals surface area contributed by atoms with E-state index in [0.29, 0.717) is 0 Å². The summed E-state index contributed by atoms with van der Waals surface area (Å²) in [5.74, 6) is 1.26. The summed E-state index contributed by atoms with van der Waals surface area (Å²) in [6, 6.07) is 11.8. The van der Waals surface area contributed by atoms with Crippen LogP contribution in [0.25, 0.3) is 16.7 Å². The molecule has 124 valence electrons. The van der Waals surface area contributed by atoms with E-state index in [1.165, 1.54) is 48.5 Å². The summed E-state index contributed by atoms with van der Waals surface area (Å²) in [5.41, 5.74) is 4.88. The van der Waals surface area contributed by atoms with Crippen molar-refractivity contribution in [2.24, 2.45) is 0 Å². The normalized spacial score (nSPS) is 19.2. The van der Waals surface area contributed by atoms with Gasteiger partial charge >= 0.3 is 0 Å². The number of fused-ring (bicyclic) bond motifs is 3. The predicted molar refractivity (Wildman–Crippen MR) is 96.7 cm³/mol. The topological polar surface area (TPSA) is 26.0 Å². The molecule has 1 aromatic carbocycles. The molecule has 2 aromatic heterocycles. The Morgan fingerprint density at radius 1 is 1.08 bits per heavy atom. The predicted octanol–water partition coefficient (Wildman–Crippen LogP) is 3.55. The number of imidazole rings is 1. The minimum atomic E-state index is 0.837. The fraction of sp³-hybridized carbons (Fsp3) is 0.450. The molecule has 2 aliphatic rings. The van der Waals surface area contributed by atoms with Crippen molar-refractivity contribution < 1.29 is 0 Å². The fourth-order valence-corrected chi connectivity index (χ4v) is 4.22. The number of aromatic nitrogens is 3. The summed E-state index contributed by atoms with van der Waals surface area (Å²) in [4.78, 5) is 7.66. The van der Waals surface area contributed by atoms with Gasteiger partial charge in [-0.2, -0.15) is 0 Å². The van der Waals surface area contributed by atoms with E-state index < -0.39 is 0 Å². The lowest BCUT2D eigenvalue weighted by Crippen LogP contribution is -2.41. The van der Waals surface area contributed by atoms with E-state index in [-0.39, 0.29) is 0 Å². The number of hydrogen-bond acceptors (Lipinski definition) is 2. The Balaban J connectivity index is 1.49. The number of rotatable bonds is 2. The van der Waals surface area contributed by atoms with Gasteiger partial charge in [-0.3, -0.25) is 4.90 Å². The second-order valence-corrected chi connectivity index (χ2v) is 7.24. The molecule has 0 unspecified atom stereocenters. The maximum Gasteiger partial charge on any atom is 0.111 e. The zero-order chi connectivity index (χ0) is 16.1. The molecule has 5 rings (SSSR count). The van der Waals surface area contributed by atoms with Crippen LogP contribution in [0.4, 0.5) is 0 Å². The molecule has 3 heterocycles. The molecular weight excluding hydrogens is 296 g/mol. The van der Waals surface area contributed by atoms with E-state index in [1.807, 2.05) is 0 Å². The first-order chi connectivity index (χ1) is 11.8. The molecule has 4 nitrogen and oxygen atoms in total. The molecular formula is C20H24N4. The summed E-state index contributed by atoms with van der Waals surface area (Å²) in [5, 5.41) is 0. The second-order valence-electron chi connectivity index (χ2n) is 7.24. The average Bonchev–Trinajstić information content (AvgIpc) is 3.05. The summed E-state index contributed by atoms with van der Waals surface area (Å²) in [6.07, 6.45) is 7.39. The van der Waals surface area contributed by atoms with E-state index in [4.69, 9.17) is 4.98 Å². The minimum Gasteiger partial charge on any atom is -0.327 e. The zero-order valence-corrected chi connectivity index (χ0v) is 14.3. The van der Waals surface area contributed by atoms with Gasteiger partial charge in [0.2, 0.25) is 0 Å². The van der Waals surface area contributed by atoms with E-state index >= 15 is 0 Å². The molecule has 1 aliphatic heterocycles. The van der Waals surface area contributed by atoms with Crippen molar-refractivity contribution in [1.82, 2.24) is 19.0 Å². The molecule has 0 radical (unpaired) electrons. The quantitative estimate of drug-likeness (QED) is 0.722. The standard InChI is InChI=1S/C20H24N4/c1-15-4-3-10-23(15)17-7-8-19-18(14-17)21-20-9-11-22(12-13-24(19)20)16-5-2-6-16/h3-4,7-8,10,14,16H,2,5-6,9,11-13H2,1H3. The summed E-state index contributed by atoms with van der Waals surface area (Å²) in [6.45, 7) is 5.55. The zero-order valence-electron chi connectivity index (χ0n) is 14.3. The van der Waals surface area contributed by atoms with Gasteiger partial charge in [0.1, 0.15) is 5.82 Å². The van der Waals surface area contributed by atoms with Gasteiger partial charge < -0.3 is 9.13 Å². The van der Waals surface area contributed by atoms with E-state index in [1.54, 1.807) is 0 Å². The van der Waals surface area contributed by atoms with Crippen LogP contribution in [-0.4, -0.2) is 38.1 Å². The Kier molecular flexibility index (Phi) is 3.27. The Hall–Kier alpha value is -2.07. The third-order valence-corrected chi connectivity index (χ3v) is 5.87. The molecule has 0 amide bonds. The maximum absolute atomic E-state index is 4.97. The van der Waals surface area contributed by atoms with Crippen molar-refractivity contribution in [3.8, 4) is 5.69 Å². The smallest absolute Gasteiger partial charge is 0.111 e. The van der Waals surface area contributed by atoms with Crippen molar-refractivity contribution >= 4 is 11.0 Å². The van der Waals surface area contributed by atoms with Crippen molar-refractivity contribution in [1.29, 1.82) is 0 Å². The van der Waals surface area contributed by atoms with Crippen LogP contribution in [0.2, 0.25) is 0 Å². The van der Waals surface area contributed by atoms with Crippen LogP contribution < -0.4 is 0 Å². The molecule has 4 heteroatoms. The summed E-state index contributed by atoms with van der Waals surface area (Å²) < 4.78 is 4.67. The largest absolute Gasteiger partial charge is 0.327 e. The highest BCUT2D eigenvalue weighted by Crippen LogP contribution is 2.28. The van der Waals surface area contributed by atoms with E-state index in [2.05, 4.69) is 57.5 Å². The Bertz CT molecular complexity index is 884. The Labute approximate surface area is 142 Å². The monoisotopic (exact) mass is 320 g/mol. The Morgan fingerprint density at radius 3 is 2.75 bits per heavy atom. The Morgan fingerprint density at radius 2 is 2.00 bits per heavy atom. The lowest BCUT2D eigenvalue weighted by Gasteiger charge is -2.36. The van der Waals surface area contributed by atoms with Crippen LogP contribution in [0.5, 0.6) is 0 Å². The molecule has 0 N–H and O–H groups in total. The first-order valence-corrected chi connectivity index (χ1v) is 9.17. The number of benzene rings is 1. The highest BCUT2D eigenvalue weighted by atomic mass is 15.2. The highest BCUT2D eigenvalue weighted by molar-refractivity contribution is 5.78. The van der Waals surface area contributed by atoms with Crippen molar-refractivity contribution in [2.75, 3.05) is 13.1 Å². The van der Waals surface area contributed by atoms with Crippen LogP contribution in [-0.2, 0) is 13.0 Å². The number of nitrogens with zero attached hydrogens (tertiary/aromatic N) is 4. The number of aryl methyl sites for hydroxylation is 1. The lowest BCUT2D eigenvalue weighted by atomic mass is 9.91. The molecule has 0 atom stereocenters. The molecule has 0 bridgehead atoms. The van der Waals surface area contributed by atoms with Crippen molar-refractivity contribution in [2.45, 2.75) is 45.2 Å². The first kappa shape index (κ1) is 14.3. The van der Waals surface area contributed by atoms with Crippen LogP contribution in [0, 0.1) is 6.92 Å². The first-order valence-electron chi connectivity index (χ1n) is 9.17. The van der Waals surface area contributed by atoms with Crippen LogP contribution in [0.3, 0.4) is 0 Å². The average molecular weight is 320 g/mol. The lowest BCUT2D eigenvalue weighted by molar-refractivity contribution is 0.130. The molecule has 0 spiro atoms. The fourth-order valence-electron chi connectivity index (χ4n) is 4.22. The minimum absolute atomic E-state index is 0.837. The SMILES string of the molecule is Cc1cccn1-c1ccc2c(c1)nc1n2CCN(C2CCC2)CC1. The van der Waals surface area contributed by atoms with Gasteiger partial charge in [-0.1, -0.05) is 6.42 Å². The second kappa shape index (κ2) is 5.49. The molecule has 1 aliphatic carbocycles. The third kappa shape index (κ3) is 2.20. The molecule has 0 saturated heterocycles. The van der Waals surface area contributed by atoms with Crippen LogP contribution in [0.15, 0.2) is 36.5 Å². The van der Waals surface area contributed by atoms with Gasteiger partial charge in [0, 0.05) is 49.7 Å². The van der Waals surface area contributed by atoms with Gasteiger partial charge in [0.25, 0.3) is 0 Å². The summed E-state index contributed by atoms with van der Waals surface area (Å²) >= 11 is 0. The van der Waals surface area contributed by atoms with Gasteiger partial charge in [0.05, 0.1) is 11.0 Å². The third-order valence-electron chi connectivity index (χ3n) is 5.87. The summed E-state index contributed by atoms with van der Waals surface area (Å²) in [7, 11) is 0. The molecule has 24 heavy (non-hydrogen) atoms. The maximum atomic E-state index is 4.97. The van der Waals surface area contributed by atoms with E-state index in [9.17, 15) is 0 Å². The van der Waals surface area contributed by atoms with Crippen LogP contribution in [0.1, 0.15) is 30.8 Å². The highest BCUT2D eigenvalue weighted by Gasteiger charge is 2.27. The van der Waals surface area contributed by atoms with Gasteiger partial charge in [0.15, 0.2) is 0 Å². The molecule has 1 saturated carbocycles. The van der Waals surface area contributed by atoms with Gasteiger partial charge in [-0.25, -0.2) is 4.98 Å². The van der Waals surface area contributed by atoms with Crippen LogP contribution >= 0.6 is 0 Å². The van der Waals surface area contributed by atoms with Crippen molar-refractivity contribution in [3.63, 3.8) is 0 Å². The van der Waals surface area contributed by atoms with Crippen molar-refractivity contribution in [3.05, 3.63) is 48.0 Å². The van der Waals surface area contributed by atoms with Gasteiger partial charge in [-0.05, 0) is 50.1 Å².